The van der Waals surface area contributed by atoms with E-state index in [0.29, 0.717) is 35.0 Å². The standard InChI is InChI=1S/C24H24N4O3/c1-15-12-21(28-19-9-7-6-8-18(19)26-24(28)17(15)13-25)27(2)14-16-10-11-20(29-3)23(31-5)22(16)30-4/h6-12H,14H2,1-5H3. The summed E-state index contributed by atoms with van der Waals surface area (Å²) >= 11 is 0. The Morgan fingerprint density at radius 2 is 1.77 bits per heavy atom. The number of hydrogen-bond acceptors (Lipinski definition) is 6. The maximum atomic E-state index is 9.72. The molecule has 158 valence electrons. The Labute approximate surface area is 181 Å². The average Bonchev–Trinajstić information content (AvgIpc) is 3.17. The molecule has 31 heavy (non-hydrogen) atoms. The van der Waals surface area contributed by atoms with Gasteiger partial charge in [-0.3, -0.25) is 4.40 Å². The Morgan fingerprint density at radius 1 is 1.03 bits per heavy atom. The van der Waals surface area contributed by atoms with Gasteiger partial charge in [0, 0.05) is 19.2 Å². The van der Waals surface area contributed by atoms with Crippen LogP contribution in [0.5, 0.6) is 17.2 Å². The third kappa shape index (κ3) is 3.26. The molecule has 0 fully saturated rings. The molecule has 0 aliphatic rings. The van der Waals surface area contributed by atoms with E-state index in [-0.39, 0.29) is 0 Å². The first-order chi connectivity index (χ1) is 15.0. The maximum Gasteiger partial charge on any atom is 0.203 e. The molecule has 7 heteroatoms. The Hall–Kier alpha value is -3.92. The van der Waals surface area contributed by atoms with E-state index in [1.165, 1.54) is 0 Å². The van der Waals surface area contributed by atoms with E-state index in [4.69, 9.17) is 19.2 Å². The second kappa shape index (κ2) is 8.07. The molecule has 4 aromatic rings. The van der Waals surface area contributed by atoms with Crippen molar-refractivity contribution < 1.29 is 14.2 Å². The number of aromatic nitrogens is 2. The predicted molar refractivity (Wildman–Crippen MR) is 120 cm³/mol. The van der Waals surface area contributed by atoms with Crippen molar-refractivity contribution >= 4 is 22.5 Å². The Kier molecular flexibility index (Phi) is 5.30. The topological polar surface area (TPSA) is 72.0 Å². The molecule has 2 aromatic heterocycles. The number of imidazole rings is 1. The van der Waals surface area contributed by atoms with Gasteiger partial charge in [-0.25, -0.2) is 4.98 Å². The quantitative estimate of drug-likeness (QED) is 0.466. The van der Waals surface area contributed by atoms with Crippen molar-refractivity contribution in [2.24, 2.45) is 0 Å². The predicted octanol–water partition coefficient (Wildman–Crippen LogP) is 4.33. The van der Waals surface area contributed by atoms with Crippen molar-refractivity contribution in [3.05, 3.63) is 59.2 Å². The summed E-state index contributed by atoms with van der Waals surface area (Å²) in [5.41, 5.74) is 4.87. The first-order valence-electron chi connectivity index (χ1n) is 9.83. The zero-order chi connectivity index (χ0) is 22.1. The minimum atomic E-state index is 0.552. The Balaban J connectivity index is 1.88. The van der Waals surface area contributed by atoms with Crippen molar-refractivity contribution in [1.82, 2.24) is 9.38 Å². The SMILES string of the molecule is COc1ccc(CN(C)c2cc(C)c(C#N)c3nc4ccccc4n23)c(OC)c1OC. The fourth-order valence-corrected chi connectivity index (χ4v) is 3.98. The number of anilines is 1. The first-order valence-corrected chi connectivity index (χ1v) is 9.83. The summed E-state index contributed by atoms with van der Waals surface area (Å²) in [5.74, 6) is 2.73. The number of fused-ring (bicyclic) bond motifs is 3. The van der Waals surface area contributed by atoms with E-state index >= 15 is 0 Å². The average molecular weight is 416 g/mol. The van der Waals surface area contributed by atoms with Crippen LogP contribution in [0.1, 0.15) is 16.7 Å². The number of methoxy groups -OCH3 is 3. The molecule has 4 rings (SSSR count). The van der Waals surface area contributed by atoms with Gasteiger partial charge in [-0.2, -0.15) is 5.26 Å². The Morgan fingerprint density at radius 3 is 2.45 bits per heavy atom. The highest BCUT2D eigenvalue weighted by Gasteiger charge is 2.20. The third-order valence-corrected chi connectivity index (χ3v) is 5.45. The van der Waals surface area contributed by atoms with Crippen molar-refractivity contribution in [2.45, 2.75) is 13.5 Å². The first kappa shape index (κ1) is 20.4. The normalized spacial score (nSPS) is 10.8. The van der Waals surface area contributed by atoms with Gasteiger partial charge >= 0.3 is 0 Å². The van der Waals surface area contributed by atoms with Gasteiger partial charge in [-0.15, -0.1) is 0 Å². The molecule has 0 unspecified atom stereocenters. The van der Waals surface area contributed by atoms with Gasteiger partial charge in [-0.1, -0.05) is 12.1 Å². The molecule has 0 aliphatic heterocycles. The van der Waals surface area contributed by atoms with Crippen LogP contribution >= 0.6 is 0 Å². The lowest BCUT2D eigenvalue weighted by Crippen LogP contribution is -2.20. The minimum absolute atomic E-state index is 0.552. The lowest BCUT2D eigenvalue weighted by molar-refractivity contribution is 0.322. The summed E-state index contributed by atoms with van der Waals surface area (Å²) in [7, 11) is 6.82. The zero-order valence-electron chi connectivity index (χ0n) is 18.3. The van der Waals surface area contributed by atoms with Gasteiger partial charge in [0.15, 0.2) is 17.1 Å². The number of nitriles is 1. The number of para-hydroxylation sites is 2. The molecular formula is C24H24N4O3. The number of aryl methyl sites for hydroxylation is 1. The highest BCUT2D eigenvalue weighted by molar-refractivity contribution is 5.85. The lowest BCUT2D eigenvalue weighted by Gasteiger charge is -2.24. The van der Waals surface area contributed by atoms with Gasteiger partial charge in [0.25, 0.3) is 0 Å². The molecule has 0 radical (unpaired) electrons. The molecule has 7 nitrogen and oxygen atoms in total. The molecule has 0 spiro atoms. The van der Waals surface area contributed by atoms with Gasteiger partial charge in [-0.05, 0) is 42.8 Å². The van der Waals surface area contributed by atoms with Crippen molar-refractivity contribution in [3.63, 3.8) is 0 Å². The number of rotatable bonds is 6. The third-order valence-electron chi connectivity index (χ3n) is 5.45. The fraction of sp³-hybridized carbons (Fsp3) is 0.250. The molecule has 2 aromatic carbocycles. The van der Waals surface area contributed by atoms with Crippen LogP contribution in [-0.4, -0.2) is 37.8 Å². The fourth-order valence-electron chi connectivity index (χ4n) is 3.98. The van der Waals surface area contributed by atoms with Crippen LogP contribution in [0.25, 0.3) is 16.7 Å². The van der Waals surface area contributed by atoms with E-state index in [2.05, 4.69) is 11.0 Å². The molecular weight excluding hydrogens is 392 g/mol. The summed E-state index contributed by atoms with van der Waals surface area (Å²) in [6, 6.07) is 16.1. The van der Waals surface area contributed by atoms with E-state index in [0.717, 1.165) is 28.0 Å². The van der Waals surface area contributed by atoms with Crippen molar-refractivity contribution in [3.8, 4) is 23.3 Å². The smallest absolute Gasteiger partial charge is 0.203 e. The van der Waals surface area contributed by atoms with Crippen LogP contribution in [0.2, 0.25) is 0 Å². The van der Waals surface area contributed by atoms with Crippen LogP contribution in [0, 0.1) is 18.3 Å². The van der Waals surface area contributed by atoms with E-state index in [1.54, 1.807) is 21.3 Å². The summed E-state index contributed by atoms with van der Waals surface area (Å²) in [6.07, 6.45) is 0. The Bertz CT molecular complexity index is 1320. The van der Waals surface area contributed by atoms with E-state index in [1.807, 2.05) is 60.8 Å². The summed E-state index contributed by atoms with van der Waals surface area (Å²) < 4.78 is 18.6. The largest absolute Gasteiger partial charge is 0.493 e. The number of ether oxygens (including phenoxy) is 3. The molecule has 0 saturated heterocycles. The van der Waals surface area contributed by atoms with Crippen LogP contribution < -0.4 is 19.1 Å². The van der Waals surface area contributed by atoms with Crippen LogP contribution in [0.4, 0.5) is 5.82 Å². The summed E-state index contributed by atoms with van der Waals surface area (Å²) in [5, 5.41) is 9.72. The second-order valence-electron chi connectivity index (χ2n) is 7.28. The van der Waals surface area contributed by atoms with Gasteiger partial charge in [0.1, 0.15) is 11.9 Å². The second-order valence-corrected chi connectivity index (χ2v) is 7.28. The molecule has 0 saturated carbocycles. The van der Waals surface area contributed by atoms with Gasteiger partial charge in [0.2, 0.25) is 5.75 Å². The number of hydrogen-bond donors (Lipinski definition) is 0. The maximum absolute atomic E-state index is 9.72. The van der Waals surface area contributed by atoms with Crippen LogP contribution in [-0.2, 0) is 6.54 Å². The minimum Gasteiger partial charge on any atom is -0.493 e. The molecule has 0 N–H and O–H groups in total. The number of pyridine rings is 1. The van der Waals surface area contributed by atoms with Crippen LogP contribution in [0.3, 0.4) is 0 Å². The summed E-state index contributed by atoms with van der Waals surface area (Å²) in [6.45, 7) is 2.49. The lowest BCUT2D eigenvalue weighted by atomic mass is 10.1. The van der Waals surface area contributed by atoms with E-state index < -0.39 is 0 Å². The monoisotopic (exact) mass is 416 g/mol. The van der Waals surface area contributed by atoms with Crippen molar-refractivity contribution in [1.29, 1.82) is 5.26 Å². The van der Waals surface area contributed by atoms with Gasteiger partial charge in [0.05, 0.1) is 37.9 Å². The highest BCUT2D eigenvalue weighted by atomic mass is 16.5. The molecule has 0 amide bonds. The summed E-state index contributed by atoms with van der Waals surface area (Å²) in [4.78, 5) is 6.84. The molecule has 2 heterocycles. The van der Waals surface area contributed by atoms with E-state index in [9.17, 15) is 5.26 Å². The molecule has 0 aliphatic carbocycles. The zero-order valence-corrected chi connectivity index (χ0v) is 18.3. The van der Waals surface area contributed by atoms with Crippen molar-refractivity contribution in [2.75, 3.05) is 33.3 Å². The number of benzene rings is 2. The highest BCUT2D eigenvalue weighted by Crippen LogP contribution is 2.40. The number of nitrogens with zero attached hydrogens (tertiary/aromatic N) is 4. The van der Waals surface area contributed by atoms with Gasteiger partial charge < -0.3 is 19.1 Å². The molecule has 0 bridgehead atoms. The van der Waals surface area contributed by atoms with Crippen LogP contribution in [0.15, 0.2) is 42.5 Å². The molecule has 0 atom stereocenters.